The minimum absolute atomic E-state index is 0.297. The Kier molecular flexibility index (Phi) is 3.35. The van der Waals surface area contributed by atoms with E-state index in [1.54, 1.807) is 0 Å². The number of ether oxygens (including phenoxy) is 2. The highest BCUT2D eigenvalue weighted by molar-refractivity contribution is 9.10. The monoisotopic (exact) mass is 313 g/mol. The molecule has 18 heavy (non-hydrogen) atoms. The summed E-state index contributed by atoms with van der Waals surface area (Å²) in [6, 6.07) is 1.94. The van der Waals surface area contributed by atoms with E-state index in [0.717, 1.165) is 37.2 Å². The number of aromatic hydroxyl groups is 1. The normalized spacial score (nSPS) is 19.8. The first kappa shape index (κ1) is 12.1. The molecule has 0 spiro atoms. The molecule has 0 atom stereocenters. The van der Waals surface area contributed by atoms with Crippen LogP contribution in [0.5, 0.6) is 17.2 Å². The maximum atomic E-state index is 10.3. The molecule has 3 rings (SSSR count). The van der Waals surface area contributed by atoms with Gasteiger partial charge in [0.2, 0.25) is 0 Å². The lowest BCUT2D eigenvalue weighted by Crippen LogP contribution is -2.27. The van der Waals surface area contributed by atoms with Gasteiger partial charge in [-0.15, -0.1) is 0 Å². The number of halogens is 1. The number of benzene rings is 1. The minimum Gasteiger partial charge on any atom is -0.506 e. The number of phenols is 1. The smallest absolute Gasteiger partial charge is 0.179 e. The highest BCUT2D eigenvalue weighted by Gasteiger charge is 2.26. The van der Waals surface area contributed by atoms with Crippen molar-refractivity contribution in [2.75, 3.05) is 26.3 Å². The molecule has 0 aliphatic carbocycles. The predicted octanol–water partition coefficient (Wildman–Crippen LogP) is 2.39. The second-order valence-electron chi connectivity index (χ2n) is 4.68. The van der Waals surface area contributed by atoms with Crippen LogP contribution in [0.15, 0.2) is 10.5 Å². The summed E-state index contributed by atoms with van der Waals surface area (Å²) >= 11 is 3.41. The van der Waals surface area contributed by atoms with Crippen molar-refractivity contribution in [1.82, 2.24) is 5.32 Å². The first-order valence-corrected chi connectivity index (χ1v) is 7.08. The third-order valence-electron chi connectivity index (χ3n) is 3.56. The van der Waals surface area contributed by atoms with E-state index in [1.165, 1.54) is 0 Å². The first-order chi connectivity index (χ1) is 8.77. The molecule has 0 aromatic heterocycles. The van der Waals surface area contributed by atoms with Gasteiger partial charge in [-0.3, -0.25) is 0 Å². The summed E-state index contributed by atoms with van der Waals surface area (Å²) in [4.78, 5) is 0. The number of hydrogen-bond donors (Lipinski definition) is 2. The van der Waals surface area contributed by atoms with Gasteiger partial charge in [0.15, 0.2) is 11.5 Å². The molecule has 2 N–H and O–H groups in total. The van der Waals surface area contributed by atoms with Crippen molar-refractivity contribution >= 4 is 15.9 Å². The summed E-state index contributed by atoms with van der Waals surface area (Å²) < 4.78 is 11.8. The van der Waals surface area contributed by atoms with Crippen LogP contribution in [-0.2, 0) is 0 Å². The van der Waals surface area contributed by atoms with Crippen LogP contribution in [0.3, 0.4) is 0 Å². The molecular formula is C13H16BrNO3. The molecule has 5 heteroatoms. The summed E-state index contributed by atoms with van der Waals surface area (Å²) in [7, 11) is 0. The van der Waals surface area contributed by atoms with E-state index in [9.17, 15) is 5.11 Å². The molecule has 2 aliphatic heterocycles. The van der Waals surface area contributed by atoms with Crippen LogP contribution in [0.2, 0.25) is 0 Å². The van der Waals surface area contributed by atoms with E-state index >= 15 is 0 Å². The Labute approximate surface area is 114 Å². The summed E-state index contributed by atoms with van der Waals surface area (Å²) in [5.41, 5.74) is 0.965. The van der Waals surface area contributed by atoms with E-state index in [4.69, 9.17) is 9.47 Å². The molecule has 1 saturated heterocycles. The number of fused-ring (bicyclic) bond motifs is 1. The zero-order chi connectivity index (χ0) is 12.5. The van der Waals surface area contributed by atoms with Crippen molar-refractivity contribution in [2.24, 2.45) is 0 Å². The summed E-state index contributed by atoms with van der Waals surface area (Å²) in [5.74, 6) is 2.04. The summed E-state index contributed by atoms with van der Waals surface area (Å²) in [5, 5.41) is 13.6. The average Bonchev–Trinajstić information content (AvgIpc) is 2.44. The van der Waals surface area contributed by atoms with Crippen molar-refractivity contribution in [3.63, 3.8) is 0 Å². The standard InChI is InChI=1S/C13H16BrNO3/c14-11-12(16)9(8-1-3-15-4-2-8)7-10-13(11)18-6-5-17-10/h7-8,15-16H,1-6H2. The van der Waals surface area contributed by atoms with Crippen LogP contribution in [-0.4, -0.2) is 31.4 Å². The number of hydrogen-bond acceptors (Lipinski definition) is 4. The van der Waals surface area contributed by atoms with Gasteiger partial charge < -0.3 is 19.9 Å². The highest BCUT2D eigenvalue weighted by Crippen LogP contribution is 2.48. The average molecular weight is 314 g/mol. The SMILES string of the molecule is Oc1c(C2CCNCC2)cc2c(c1Br)OCCO2. The Bertz CT molecular complexity index is 458. The number of phenolic OH excluding ortho intramolecular Hbond substituents is 1. The van der Waals surface area contributed by atoms with Crippen molar-refractivity contribution < 1.29 is 14.6 Å². The van der Waals surface area contributed by atoms with Gasteiger partial charge in [-0.25, -0.2) is 0 Å². The number of piperidine rings is 1. The summed E-state index contributed by atoms with van der Waals surface area (Å²) in [6.07, 6.45) is 2.08. The van der Waals surface area contributed by atoms with Gasteiger partial charge in [0.1, 0.15) is 23.4 Å². The van der Waals surface area contributed by atoms with Gasteiger partial charge in [0.25, 0.3) is 0 Å². The quantitative estimate of drug-likeness (QED) is 0.836. The third kappa shape index (κ3) is 2.06. The van der Waals surface area contributed by atoms with E-state index < -0.39 is 0 Å². The van der Waals surface area contributed by atoms with E-state index in [-0.39, 0.29) is 0 Å². The lowest BCUT2D eigenvalue weighted by molar-refractivity contribution is 0.169. The molecule has 0 radical (unpaired) electrons. The van der Waals surface area contributed by atoms with Gasteiger partial charge in [-0.2, -0.15) is 0 Å². The fraction of sp³-hybridized carbons (Fsp3) is 0.538. The fourth-order valence-electron chi connectivity index (χ4n) is 2.60. The number of nitrogens with one attached hydrogen (secondary N) is 1. The molecule has 1 aromatic carbocycles. The Morgan fingerprint density at radius 2 is 1.94 bits per heavy atom. The predicted molar refractivity (Wildman–Crippen MR) is 71.6 cm³/mol. The molecule has 0 unspecified atom stereocenters. The molecule has 98 valence electrons. The van der Waals surface area contributed by atoms with Crippen LogP contribution in [0.1, 0.15) is 24.3 Å². The molecule has 2 heterocycles. The van der Waals surface area contributed by atoms with Crippen LogP contribution < -0.4 is 14.8 Å². The van der Waals surface area contributed by atoms with Crippen LogP contribution in [0.4, 0.5) is 0 Å². The summed E-state index contributed by atoms with van der Waals surface area (Å²) in [6.45, 7) is 3.08. The largest absolute Gasteiger partial charge is 0.506 e. The van der Waals surface area contributed by atoms with Crippen molar-refractivity contribution in [1.29, 1.82) is 0 Å². The van der Waals surface area contributed by atoms with Gasteiger partial charge in [-0.05, 0) is 53.8 Å². The highest BCUT2D eigenvalue weighted by atomic mass is 79.9. The van der Waals surface area contributed by atoms with Gasteiger partial charge in [0, 0.05) is 5.56 Å². The molecule has 1 aromatic rings. The second-order valence-corrected chi connectivity index (χ2v) is 5.47. The zero-order valence-electron chi connectivity index (χ0n) is 10.0. The second kappa shape index (κ2) is 4.97. The maximum absolute atomic E-state index is 10.3. The van der Waals surface area contributed by atoms with Gasteiger partial charge >= 0.3 is 0 Å². The molecular weight excluding hydrogens is 298 g/mol. The Morgan fingerprint density at radius 3 is 2.72 bits per heavy atom. The topological polar surface area (TPSA) is 50.7 Å². The van der Waals surface area contributed by atoms with Gasteiger partial charge in [-0.1, -0.05) is 0 Å². The van der Waals surface area contributed by atoms with E-state index in [2.05, 4.69) is 21.2 Å². The first-order valence-electron chi connectivity index (χ1n) is 6.29. The van der Waals surface area contributed by atoms with Gasteiger partial charge in [0.05, 0.1) is 0 Å². The maximum Gasteiger partial charge on any atom is 0.179 e. The lowest BCUT2D eigenvalue weighted by Gasteiger charge is -2.27. The van der Waals surface area contributed by atoms with Crippen molar-refractivity contribution in [3.05, 3.63) is 16.1 Å². The Balaban J connectivity index is 2.01. The molecule has 4 nitrogen and oxygen atoms in total. The van der Waals surface area contributed by atoms with E-state index in [0.29, 0.717) is 35.1 Å². The van der Waals surface area contributed by atoms with Crippen LogP contribution in [0, 0.1) is 0 Å². The van der Waals surface area contributed by atoms with Crippen molar-refractivity contribution in [3.8, 4) is 17.2 Å². The molecule has 0 bridgehead atoms. The minimum atomic E-state index is 0.297. The van der Waals surface area contributed by atoms with Crippen molar-refractivity contribution in [2.45, 2.75) is 18.8 Å². The Hall–Kier alpha value is -0.940. The fourth-order valence-corrected chi connectivity index (χ4v) is 3.14. The molecule has 0 amide bonds. The van der Waals surface area contributed by atoms with E-state index in [1.807, 2.05) is 6.07 Å². The zero-order valence-corrected chi connectivity index (χ0v) is 11.6. The molecule has 2 aliphatic rings. The number of rotatable bonds is 1. The van der Waals surface area contributed by atoms with Crippen LogP contribution >= 0.6 is 15.9 Å². The molecule has 1 fully saturated rings. The molecule has 0 saturated carbocycles. The van der Waals surface area contributed by atoms with Crippen LogP contribution in [0.25, 0.3) is 0 Å². The third-order valence-corrected chi connectivity index (χ3v) is 4.29. The Morgan fingerprint density at radius 1 is 1.22 bits per heavy atom. The lowest BCUT2D eigenvalue weighted by atomic mass is 9.89.